The first-order valence-electron chi connectivity index (χ1n) is 28.1. The number of carbonyl (C=O) groups is 6. The van der Waals surface area contributed by atoms with Gasteiger partial charge >= 0.3 is 29.8 Å². The molecule has 2 aliphatic rings. The Kier molecular flexibility index (Phi) is 22.2. The van der Waals surface area contributed by atoms with E-state index in [9.17, 15) is 24.0 Å². The van der Waals surface area contributed by atoms with E-state index in [0.29, 0.717) is 0 Å². The van der Waals surface area contributed by atoms with Gasteiger partial charge in [0.1, 0.15) is 48.9 Å². The van der Waals surface area contributed by atoms with Crippen molar-refractivity contribution in [1.29, 1.82) is 0 Å². The number of methoxy groups -OCH3 is 2. The number of pyridine rings is 1. The van der Waals surface area contributed by atoms with Crippen LogP contribution in [0.1, 0.15) is 71.6 Å². The molecule has 20 nitrogen and oxygen atoms in total. The lowest BCUT2D eigenvalue weighted by atomic mass is 9.87. The van der Waals surface area contributed by atoms with Crippen molar-refractivity contribution in [2.75, 3.05) is 27.4 Å². The minimum Gasteiger partial charge on any atom is -0.465 e. The maximum atomic E-state index is 15.1. The smallest absolute Gasteiger partial charge is 0.366 e. The van der Waals surface area contributed by atoms with E-state index in [0.717, 1.165) is 23.8 Å². The van der Waals surface area contributed by atoms with Gasteiger partial charge in [-0.3, -0.25) is 4.79 Å². The van der Waals surface area contributed by atoms with E-state index in [1.165, 1.54) is 68.8 Å². The molecule has 1 aromatic heterocycles. The van der Waals surface area contributed by atoms with Gasteiger partial charge in [-0.25, -0.2) is 29.0 Å². The molecular weight excluding hydrogens is 1120 g/mol. The number of aromatic nitrogens is 1. The number of ether oxygens (including phenoxy) is 12. The van der Waals surface area contributed by atoms with Crippen LogP contribution < -0.4 is 5.32 Å². The van der Waals surface area contributed by atoms with E-state index < -0.39 is 122 Å². The molecule has 3 heterocycles. The Morgan fingerprint density at radius 3 is 1.57 bits per heavy atom. The highest BCUT2D eigenvalue weighted by Gasteiger charge is 2.61. The normalized spacial score (nSPS) is 22.3. The Hall–Kier alpha value is -8.99. The van der Waals surface area contributed by atoms with Crippen molar-refractivity contribution in [3.63, 3.8) is 0 Å². The number of hydrogen-bond donors (Lipinski definition) is 1. The summed E-state index contributed by atoms with van der Waals surface area (Å²) in [6.45, 7) is -0.0578. The average Bonchev–Trinajstić information content (AvgIpc) is 1.78. The quantitative estimate of drug-likeness (QED) is 0.0397. The van der Waals surface area contributed by atoms with Crippen LogP contribution in [-0.4, -0.2) is 135 Å². The first-order chi connectivity index (χ1) is 42.4. The van der Waals surface area contributed by atoms with Crippen molar-refractivity contribution in [3.8, 4) is 0 Å². The van der Waals surface area contributed by atoms with Gasteiger partial charge in [0.25, 0.3) is 5.79 Å². The van der Waals surface area contributed by atoms with Gasteiger partial charge in [-0.1, -0.05) is 152 Å². The lowest BCUT2D eigenvalue weighted by Gasteiger charge is -2.49. The first kappa shape index (κ1) is 62.5. The van der Waals surface area contributed by atoms with E-state index >= 15 is 4.79 Å². The predicted molar refractivity (Wildman–Crippen MR) is 310 cm³/mol. The molecular formula is C67H66N2O18. The van der Waals surface area contributed by atoms with E-state index in [1.807, 2.05) is 91.0 Å². The summed E-state index contributed by atoms with van der Waals surface area (Å²) in [6, 6.07) is 54.7. The summed E-state index contributed by atoms with van der Waals surface area (Å²) < 4.78 is 77.2. The Morgan fingerprint density at radius 2 is 1.07 bits per heavy atom. The van der Waals surface area contributed by atoms with E-state index in [1.54, 1.807) is 60.7 Å². The highest BCUT2D eigenvalue weighted by atomic mass is 16.8. The van der Waals surface area contributed by atoms with Gasteiger partial charge in [0.05, 0.1) is 62.7 Å². The summed E-state index contributed by atoms with van der Waals surface area (Å²) in [5.74, 6) is -8.55. The molecule has 0 unspecified atom stereocenters. The number of esters is 5. The largest absolute Gasteiger partial charge is 0.465 e. The third-order valence-corrected chi connectivity index (χ3v) is 14.3. The number of nitrogens with zero attached hydrogens (tertiary/aromatic N) is 1. The lowest BCUT2D eigenvalue weighted by Crippen LogP contribution is -2.70. The van der Waals surface area contributed by atoms with Crippen LogP contribution in [0.25, 0.3) is 0 Å². The van der Waals surface area contributed by atoms with Crippen LogP contribution in [0.3, 0.4) is 0 Å². The van der Waals surface area contributed by atoms with E-state index in [-0.39, 0.29) is 42.2 Å². The van der Waals surface area contributed by atoms with Crippen LogP contribution in [0.4, 0.5) is 0 Å². The SMILES string of the molecule is COC(=O)[C@]1(OC[C@H]2O[C@H](OC)[C@H](OCc3ccccc3)[C@@H](OCc3ccccc3)[C@@H]2OCc2ccccc2)C[C@H](OC(=O)c2ccccc2)[C@@H](NC(C)=O)[C@H]([C@H](OC(=O)c2ccccn2)[C@@H](COC(=O)c2ccccc2)OC(=O)c2ccccc2)O1. The standard InChI is InChI=1S/C67H66N2O18/c1-44(70)69-55-52(83-62(72)49-32-18-8-19-33-49)38-67(66(75)77-3,87-58(55)57(86-64(74)51-36-22-23-37-68-51)53(84-63(73)50-34-20-9-21-35-50)42-81-61(71)48-30-16-7-17-31-48)82-43-54-56(78-39-45-24-10-4-11-25-45)59(79-40-46-26-12-5-13-27-46)60(65(76-2)85-54)80-41-47-28-14-6-15-29-47/h4-37,52-60,65H,38-43H2,1-3H3,(H,69,70)/t52-,53+,54+,55+,56+,57+,58+,59-,60+,65-,67-/m0/s1. The van der Waals surface area contributed by atoms with Crippen molar-refractivity contribution in [1.82, 2.24) is 10.3 Å². The molecule has 2 saturated heterocycles. The van der Waals surface area contributed by atoms with Gasteiger partial charge in [0.15, 0.2) is 18.5 Å². The van der Waals surface area contributed by atoms with Crippen molar-refractivity contribution in [2.24, 2.45) is 0 Å². The van der Waals surface area contributed by atoms with Crippen molar-refractivity contribution < 1.29 is 85.6 Å². The lowest BCUT2D eigenvalue weighted by molar-refractivity contribution is -0.347. The van der Waals surface area contributed by atoms with Crippen molar-refractivity contribution in [3.05, 3.63) is 245 Å². The molecule has 20 heteroatoms. The second-order valence-electron chi connectivity index (χ2n) is 20.3. The Balaban J connectivity index is 1.16. The minimum atomic E-state index is -2.72. The van der Waals surface area contributed by atoms with Gasteiger partial charge in [-0.15, -0.1) is 0 Å². The maximum absolute atomic E-state index is 15.1. The molecule has 0 saturated carbocycles. The first-order valence-corrected chi connectivity index (χ1v) is 28.1. The molecule has 6 aromatic carbocycles. The van der Waals surface area contributed by atoms with Crippen molar-refractivity contribution >= 4 is 35.8 Å². The predicted octanol–water partition coefficient (Wildman–Crippen LogP) is 8.22. The fourth-order valence-corrected chi connectivity index (χ4v) is 10.1. The second-order valence-corrected chi connectivity index (χ2v) is 20.3. The molecule has 0 spiro atoms. The molecule has 452 valence electrons. The molecule has 9 rings (SSSR count). The van der Waals surface area contributed by atoms with E-state index in [2.05, 4.69) is 10.3 Å². The van der Waals surface area contributed by atoms with Gasteiger partial charge in [-0.2, -0.15) is 0 Å². The number of rotatable bonds is 26. The fraction of sp³-hybridized carbons (Fsp3) is 0.299. The van der Waals surface area contributed by atoms with Crippen molar-refractivity contribution in [2.45, 2.75) is 100 Å². The summed E-state index contributed by atoms with van der Waals surface area (Å²) in [5, 5.41) is 2.78. The van der Waals surface area contributed by atoms with Crippen LogP contribution in [-0.2, 0) is 86.3 Å². The Morgan fingerprint density at radius 1 is 0.575 bits per heavy atom. The number of nitrogens with one attached hydrogen (secondary N) is 1. The molecule has 87 heavy (non-hydrogen) atoms. The van der Waals surface area contributed by atoms with Crippen LogP contribution in [0.15, 0.2) is 206 Å². The minimum absolute atomic E-state index is 0.0253. The Bertz CT molecular complexity index is 3320. The van der Waals surface area contributed by atoms with Crippen LogP contribution in [0.5, 0.6) is 0 Å². The van der Waals surface area contributed by atoms with Crippen LogP contribution >= 0.6 is 0 Å². The topological polar surface area (TPSA) is 238 Å². The fourth-order valence-electron chi connectivity index (χ4n) is 10.1. The summed E-state index contributed by atoms with van der Waals surface area (Å²) in [4.78, 5) is 90.2. The number of carbonyl (C=O) groups excluding carboxylic acids is 6. The molecule has 0 aliphatic carbocycles. The molecule has 11 atom stereocenters. The zero-order valence-corrected chi connectivity index (χ0v) is 47.9. The number of hydrogen-bond acceptors (Lipinski definition) is 19. The maximum Gasteiger partial charge on any atom is 0.366 e. The van der Waals surface area contributed by atoms with Gasteiger partial charge < -0.3 is 62.2 Å². The summed E-state index contributed by atoms with van der Waals surface area (Å²) in [5.41, 5.74) is 2.42. The zero-order valence-electron chi connectivity index (χ0n) is 47.9. The molecule has 7 aromatic rings. The Labute approximate surface area is 502 Å². The molecule has 1 N–H and O–H groups in total. The van der Waals surface area contributed by atoms with Gasteiger partial charge in [0, 0.05) is 20.2 Å². The zero-order chi connectivity index (χ0) is 61.0. The highest BCUT2D eigenvalue weighted by molar-refractivity contribution is 5.91. The average molecular weight is 1190 g/mol. The summed E-state index contributed by atoms with van der Waals surface area (Å²) in [6.07, 6.45) is -12.3. The summed E-state index contributed by atoms with van der Waals surface area (Å²) in [7, 11) is 2.50. The monoisotopic (exact) mass is 1190 g/mol. The molecule has 0 radical (unpaired) electrons. The molecule has 2 aliphatic heterocycles. The molecule has 2 fully saturated rings. The van der Waals surface area contributed by atoms with Crippen LogP contribution in [0, 0.1) is 0 Å². The van der Waals surface area contributed by atoms with Crippen LogP contribution in [0.2, 0.25) is 0 Å². The molecule has 1 amide bonds. The van der Waals surface area contributed by atoms with Gasteiger partial charge in [0.2, 0.25) is 5.91 Å². The van der Waals surface area contributed by atoms with E-state index in [4.69, 9.17) is 56.8 Å². The number of benzene rings is 6. The summed E-state index contributed by atoms with van der Waals surface area (Å²) >= 11 is 0. The third kappa shape index (κ3) is 16.7. The number of amides is 1. The second kappa shape index (κ2) is 30.9. The van der Waals surface area contributed by atoms with Gasteiger partial charge in [-0.05, 0) is 65.2 Å². The highest BCUT2D eigenvalue weighted by Crippen LogP contribution is 2.40. The molecule has 0 bridgehead atoms. The third-order valence-electron chi connectivity index (χ3n) is 14.3.